The molecule has 0 radical (unpaired) electrons. The molecule has 3 aromatic carbocycles. The molecule has 2 amide bonds. The van der Waals surface area contributed by atoms with E-state index >= 15 is 0 Å². The number of aromatic nitrogens is 9. The molecule has 0 spiro atoms. The van der Waals surface area contributed by atoms with Crippen LogP contribution < -0.4 is 33.6 Å². The van der Waals surface area contributed by atoms with Gasteiger partial charge in [-0.15, -0.1) is 12.4 Å². The van der Waals surface area contributed by atoms with Gasteiger partial charge in [-0.3, -0.25) is 39.5 Å². The second-order valence-electron chi connectivity index (χ2n) is 23.0. The molecule has 0 bridgehead atoms. The fourth-order valence-corrected chi connectivity index (χ4v) is 11.2. The number of ether oxygens (including phenoxy) is 3. The SMILES string of the molecule is C.C.COC(=O)c1cc(Cc2cc(C(=O)NCc3ccc(N)nc3C)ccn2)cc2cc(Cl)cnc12.COC(=O)c1cc(Cc2cc(C(=O)NCc3ccc(N)nc3C)ccn2)cc2cc(Cl)cnc12.COC(=O)c1cc(Cc2cc(C(=O)O)ccn2)cc2cc(Cl)cnc12.Cc1nc(N)ccc1CN.Cl. The van der Waals surface area contributed by atoms with E-state index < -0.39 is 23.9 Å². The van der Waals surface area contributed by atoms with E-state index in [9.17, 15) is 28.8 Å². The number of halogens is 4. The second kappa shape index (κ2) is 38.6. The zero-order valence-electron chi connectivity index (χ0n) is 56.8. The molecule has 25 nitrogen and oxygen atoms in total. The van der Waals surface area contributed by atoms with Crippen molar-refractivity contribution in [3.63, 3.8) is 0 Å². The summed E-state index contributed by atoms with van der Waals surface area (Å²) >= 11 is 18.2. The first-order chi connectivity index (χ1) is 49.4. The summed E-state index contributed by atoms with van der Waals surface area (Å²) in [5.74, 6) is -1.54. The summed E-state index contributed by atoms with van der Waals surface area (Å²) in [6, 6.07) is 36.4. The minimum absolute atomic E-state index is 0. The van der Waals surface area contributed by atoms with Crippen LogP contribution in [0.5, 0.6) is 0 Å². The summed E-state index contributed by atoms with van der Waals surface area (Å²) in [5, 5.41) is 18.4. The maximum absolute atomic E-state index is 12.7. The number of nitrogens with one attached hydrogen (secondary N) is 2. The highest BCUT2D eigenvalue weighted by Gasteiger charge is 2.20. The van der Waals surface area contributed by atoms with Crippen molar-refractivity contribution in [3.8, 4) is 0 Å². The third-order valence-electron chi connectivity index (χ3n) is 15.8. The molecule has 11 N–H and O–H groups in total. The van der Waals surface area contributed by atoms with E-state index in [1.807, 2.05) is 57.2 Å². The predicted molar refractivity (Wildman–Crippen MR) is 413 cm³/mol. The number of carboxylic acids is 1. The van der Waals surface area contributed by atoms with Crippen LogP contribution in [0, 0.1) is 20.8 Å². The third kappa shape index (κ3) is 22.1. The van der Waals surface area contributed by atoms with Crippen LogP contribution in [0.25, 0.3) is 32.7 Å². The van der Waals surface area contributed by atoms with E-state index in [1.165, 1.54) is 58.2 Å². The topological polar surface area (TPSA) is 394 Å². The number of rotatable bonds is 17. The minimum atomic E-state index is -1.02. The lowest BCUT2D eigenvalue weighted by atomic mass is 10.0. The number of amides is 2. The van der Waals surface area contributed by atoms with Gasteiger partial charge in [-0.2, -0.15) is 0 Å². The highest BCUT2D eigenvalue weighted by Crippen LogP contribution is 2.29. The molecule has 12 aromatic rings. The number of nitrogen functional groups attached to an aromatic ring is 3. The predicted octanol–water partition coefficient (Wildman–Crippen LogP) is 13.2. The number of aryl methyl sites for hydroxylation is 3. The average Bonchev–Trinajstić information content (AvgIpc) is 0.801. The van der Waals surface area contributed by atoms with Gasteiger partial charge in [-0.25, -0.2) is 34.1 Å². The highest BCUT2D eigenvalue weighted by molar-refractivity contribution is 6.32. The van der Waals surface area contributed by atoms with Crippen molar-refractivity contribution in [2.75, 3.05) is 38.5 Å². The number of benzene rings is 3. The number of nitrogens with two attached hydrogens (primary N) is 4. The van der Waals surface area contributed by atoms with E-state index in [0.29, 0.717) is 149 Å². The van der Waals surface area contributed by atoms with Crippen molar-refractivity contribution in [2.24, 2.45) is 5.73 Å². The van der Waals surface area contributed by atoms with Crippen LogP contribution in [0.2, 0.25) is 15.1 Å². The molecule has 9 aromatic heterocycles. The quantitative estimate of drug-likeness (QED) is 0.0329. The van der Waals surface area contributed by atoms with Gasteiger partial charge in [0.05, 0.1) is 75.2 Å². The van der Waals surface area contributed by atoms with Gasteiger partial charge in [0.2, 0.25) is 0 Å². The lowest BCUT2D eigenvalue weighted by Crippen LogP contribution is -2.23. The van der Waals surface area contributed by atoms with Gasteiger partial charge in [0.15, 0.2) is 0 Å². The molecule has 0 aliphatic rings. The van der Waals surface area contributed by atoms with E-state index in [1.54, 1.807) is 91.3 Å². The Morgan fingerprint density at radius 2 is 0.726 bits per heavy atom. The van der Waals surface area contributed by atoms with Crippen molar-refractivity contribution in [3.05, 3.63) is 281 Å². The summed E-state index contributed by atoms with van der Waals surface area (Å²) in [5.41, 5.74) is 35.4. The molecule has 0 unspecified atom stereocenters. The van der Waals surface area contributed by atoms with Gasteiger partial charge in [0, 0.05) is 138 Å². The number of carbonyl (C=O) groups is 6. The van der Waals surface area contributed by atoms with Gasteiger partial charge in [-0.05, 0) is 163 Å². The number of fused-ring (bicyclic) bond motifs is 3. The Bertz CT molecular complexity index is 5020. The number of carboxylic acid groups (broad SMARTS) is 1. The lowest BCUT2D eigenvalue weighted by Gasteiger charge is -2.10. The maximum atomic E-state index is 12.7. The average molecular weight is 1510 g/mol. The van der Waals surface area contributed by atoms with Gasteiger partial charge in [-0.1, -0.05) is 67.9 Å². The van der Waals surface area contributed by atoms with Crippen molar-refractivity contribution >= 4 is 133 Å². The molecule has 0 saturated carbocycles. The maximum Gasteiger partial charge on any atom is 0.340 e. The molecular weight excluding hydrogens is 1440 g/mol. The molecule has 106 heavy (non-hydrogen) atoms. The standard InChI is InChI=1S/2C25H22ClN5O3.C18H13ClN2O4.C7H11N3.2CH4.ClH/c2*1-14-17(3-4-22(27)31-14)12-30-24(32)16-5-6-28-20(11-16)8-15-7-18-10-19(26)13-29-23(18)21(9-15)25(33)34-2;1-25-18(24)15-6-10(4-12-7-13(19)9-21-16(12)15)5-14-8-11(17(22)23)2-3-20-14;1-5-6(4-8)2-3-7(9)10-5;;;/h2*3-7,9-11,13H,8,12H2,1-2H3,(H2,27,31)(H,30,32);2-4,6-9H,5H2,1H3,(H,22,23);2-3H,4,8H2,1H3,(H2,9,10);2*1H4;1H. The second-order valence-corrected chi connectivity index (χ2v) is 24.3. The molecule has 0 aliphatic carbocycles. The summed E-state index contributed by atoms with van der Waals surface area (Å²) in [7, 11) is 3.94. The molecule has 0 aliphatic heterocycles. The lowest BCUT2D eigenvalue weighted by molar-refractivity contribution is 0.0593. The highest BCUT2D eigenvalue weighted by atomic mass is 35.5. The van der Waals surface area contributed by atoms with Crippen molar-refractivity contribution in [2.45, 2.75) is 74.5 Å². The zero-order chi connectivity index (χ0) is 74.0. The van der Waals surface area contributed by atoms with Crippen LogP contribution in [-0.4, -0.2) is 107 Å². The van der Waals surface area contributed by atoms with E-state index in [0.717, 1.165) is 50.5 Å². The van der Waals surface area contributed by atoms with Crippen molar-refractivity contribution in [1.82, 2.24) is 55.5 Å². The van der Waals surface area contributed by atoms with Gasteiger partial charge < -0.3 is 52.9 Å². The van der Waals surface area contributed by atoms with E-state index in [2.05, 4.69) is 55.5 Å². The number of aromatic carboxylic acids is 1. The Labute approximate surface area is 632 Å². The van der Waals surface area contributed by atoms with Gasteiger partial charge in [0.1, 0.15) is 17.5 Å². The number of nitrogens with zero attached hydrogens (tertiary/aromatic N) is 9. The van der Waals surface area contributed by atoms with Crippen molar-refractivity contribution < 1.29 is 48.1 Å². The number of hydrogen-bond acceptors (Lipinski definition) is 22. The minimum Gasteiger partial charge on any atom is -0.478 e. The summed E-state index contributed by atoms with van der Waals surface area (Å²) in [4.78, 5) is 111. The Morgan fingerprint density at radius 3 is 1.02 bits per heavy atom. The number of methoxy groups -OCH3 is 3. The first-order valence-corrected chi connectivity index (χ1v) is 32.5. The van der Waals surface area contributed by atoms with Crippen molar-refractivity contribution in [1.29, 1.82) is 0 Å². The number of anilines is 3. The largest absolute Gasteiger partial charge is 0.478 e. The third-order valence-corrected chi connectivity index (χ3v) is 16.4. The summed E-state index contributed by atoms with van der Waals surface area (Å²) in [6.45, 7) is 6.78. The molecular formula is C77H77Cl4N15O10. The first-order valence-electron chi connectivity index (χ1n) is 31.4. The molecule has 0 saturated heterocycles. The molecule has 12 rings (SSSR count). The summed E-state index contributed by atoms with van der Waals surface area (Å²) in [6.07, 6.45) is 10.2. The number of esters is 3. The Kier molecular flexibility index (Phi) is 30.2. The normalized spacial score (nSPS) is 10.4. The van der Waals surface area contributed by atoms with Crippen LogP contribution in [-0.2, 0) is 53.1 Å². The van der Waals surface area contributed by atoms with Crippen LogP contribution in [0.4, 0.5) is 17.5 Å². The Hall–Kier alpha value is -11.9. The molecule has 0 atom stereocenters. The molecule has 0 fully saturated rings. The van der Waals surface area contributed by atoms with E-state index in [4.69, 9.17) is 77.1 Å². The fraction of sp³-hybridized carbons (Fsp3) is 0.182. The van der Waals surface area contributed by atoms with Crippen LogP contribution in [0.3, 0.4) is 0 Å². The number of carbonyl (C=O) groups excluding carboxylic acids is 5. The molecule has 548 valence electrons. The smallest absolute Gasteiger partial charge is 0.340 e. The summed E-state index contributed by atoms with van der Waals surface area (Å²) < 4.78 is 14.7. The first kappa shape index (κ1) is 83.1. The van der Waals surface area contributed by atoms with Gasteiger partial charge in [0.25, 0.3) is 11.8 Å². The fourth-order valence-electron chi connectivity index (χ4n) is 10.7. The van der Waals surface area contributed by atoms with Crippen LogP contribution in [0.15, 0.2) is 165 Å². The van der Waals surface area contributed by atoms with E-state index in [-0.39, 0.29) is 44.6 Å². The van der Waals surface area contributed by atoms with Crippen LogP contribution in [0.1, 0.15) is 145 Å². The number of hydrogen-bond donors (Lipinski definition) is 7. The van der Waals surface area contributed by atoms with Crippen LogP contribution >= 0.6 is 47.2 Å². The zero-order valence-corrected chi connectivity index (χ0v) is 59.9. The Balaban J connectivity index is 0.000000232. The van der Waals surface area contributed by atoms with Gasteiger partial charge >= 0.3 is 23.9 Å². The Morgan fingerprint density at radius 1 is 0.425 bits per heavy atom. The molecule has 29 heteroatoms. The number of pyridine rings is 9. The molecule has 9 heterocycles. The monoisotopic (exact) mass is 1510 g/mol.